The molecule has 1 aromatic heterocycles. The van der Waals surface area contributed by atoms with Crippen LogP contribution < -0.4 is 15.4 Å². The second-order valence-corrected chi connectivity index (χ2v) is 5.72. The van der Waals surface area contributed by atoms with Crippen LogP contribution in [0, 0.1) is 5.82 Å². The van der Waals surface area contributed by atoms with Crippen molar-refractivity contribution in [2.24, 2.45) is 0 Å². The molecule has 8 heteroatoms. The summed E-state index contributed by atoms with van der Waals surface area (Å²) >= 11 is 0. The van der Waals surface area contributed by atoms with E-state index in [0.717, 1.165) is 25.9 Å². The first-order chi connectivity index (χ1) is 11.7. The number of benzene rings is 1. The van der Waals surface area contributed by atoms with Crippen LogP contribution in [0.25, 0.3) is 0 Å². The predicted octanol–water partition coefficient (Wildman–Crippen LogP) is 1.28. The van der Waals surface area contributed by atoms with Crippen LogP contribution in [0.2, 0.25) is 0 Å². The van der Waals surface area contributed by atoms with Crippen LogP contribution in [0.1, 0.15) is 34.9 Å². The Morgan fingerprint density at radius 2 is 2.25 bits per heavy atom. The van der Waals surface area contributed by atoms with E-state index in [1.807, 2.05) is 0 Å². The number of nitrogens with one attached hydrogen (secondary N) is 2. The zero-order chi connectivity index (χ0) is 16.9. The third-order valence-corrected chi connectivity index (χ3v) is 4.09. The van der Waals surface area contributed by atoms with E-state index in [9.17, 15) is 9.18 Å². The largest absolute Gasteiger partial charge is 0.494 e. The van der Waals surface area contributed by atoms with Gasteiger partial charge in [0.15, 0.2) is 17.3 Å². The smallest absolute Gasteiger partial charge is 0.273 e. The van der Waals surface area contributed by atoms with Crippen molar-refractivity contribution in [1.29, 1.82) is 0 Å². The lowest BCUT2D eigenvalue weighted by Crippen LogP contribution is -2.29. The molecule has 0 saturated carbocycles. The number of nitrogens with zero attached hydrogens (tertiary/aromatic N) is 3. The van der Waals surface area contributed by atoms with Crippen LogP contribution >= 0.6 is 0 Å². The van der Waals surface area contributed by atoms with Gasteiger partial charge in [0.25, 0.3) is 5.91 Å². The van der Waals surface area contributed by atoms with Gasteiger partial charge in [-0.3, -0.25) is 4.79 Å². The molecule has 1 saturated heterocycles. The molecule has 0 bridgehead atoms. The Labute approximate surface area is 139 Å². The third-order valence-electron chi connectivity index (χ3n) is 4.09. The molecular formula is C16H20FN5O2. The van der Waals surface area contributed by atoms with Gasteiger partial charge in [-0.25, -0.2) is 9.07 Å². The monoisotopic (exact) mass is 333 g/mol. The zero-order valence-electron chi connectivity index (χ0n) is 13.5. The Hall–Kier alpha value is -2.48. The number of methoxy groups -OCH3 is 1. The second-order valence-electron chi connectivity index (χ2n) is 5.72. The van der Waals surface area contributed by atoms with E-state index < -0.39 is 5.82 Å². The van der Waals surface area contributed by atoms with Gasteiger partial charge in [0, 0.05) is 6.54 Å². The molecule has 0 aliphatic carbocycles. The Balaban J connectivity index is 1.59. The molecule has 0 spiro atoms. The summed E-state index contributed by atoms with van der Waals surface area (Å²) < 4.78 is 20.3. The van der Waals surface area contributed by atoms with Crippen LogP contribution in [-0.2, 0) is 6.54 Å². The Morgan fingerprint density at radius 3 is 2.96 bits per heavy atom. The zero-order valence-corrected chi connectivity index (χ0v) is 13.5. The fraction of sp³-hybridized carbons (Fsp3) is 0.438. The quantitative estimate of drug-likeness (QED) is 0.861. The van der Waals surface area contributed by atoms with Gasteiger partial charge in [-0.1, -0.05) is 11.3 Å². The van der Waals surface area contributed by atoms with E-state index in [-0.39, 0.29) is 29.9 Å². The highest BCUT2D eigenvalue weighted by molar-refractivity contribution is 5.91. The Morgan fingerprint density at radius 1 is 1.46 bits per heavy atom. The molecule has 1 fully saturated rings. The average Bonchev–Trinajstić information content (AvgIpc) is 3.11. The first-order valence-corrected chi connectivity index (χ1v) is 7.90. The number of piperidine rings is 1. The van der Waals surface area contributed by atoms with Crippen LogP contribution in [0.3, 0.4) is 0 Å². The molecule has 0 radical (unpaired) electrons. The normalized spacial score (nSPS) is 15.2. The lowest BCUT2D eigenvalue weighted by Gasteiger charge is -2.22. The number of hydrogen-bond donors (Lipinski definition) is 2. The van der Waals surface area contributed by atoms with E-state index in [2.05, 4.69) is 20.9 Å². The van der Waals surface area contributed by atoms with Gasteiger partial charge in [-0.05, 0) is 43.6 Å². The Kier molecular flexibility index (Phi) is 5.05. The van der Waals surface area contributed by atoms with E-state index in [4.69, 9.17) is 4.74 Å². The van der Waals surface area contributed by atoms with Crippen molar-refractivity contribution in [3.63, 3.8) is 0 Å². The van der Waals surface area contributed by atoms with Crippen molar-refractivity contribution in [3.8, 4) is 5.75 Å². The van der Waals surface area contributed by atoms with Crippen LogP contribution in [0.4, 0.5) is 4.39 Å². The predicted molar refractivity (Wildman–Crippen MR) is 85.3 cm³/mol. The van der Waals surface area contributed by atoms with Crippen molar-refractivity contribution < 1.29 is 13.9 Å². The molecule has 2 aromatic rings. The molecule has 0 atom stereocenters. The van der Waals surface area contributed by atoms with E-state index >= 15 is 0 Å². The van der Waals surface area contributed by atoms with Crippen LogP contribution in [0.15, 0.2) is 24.4 Å². The van der Waals surface area contributed by atoms with Crippen LogP contribution in [0.5, 0.6) is 5.75 Å². The highest BCUT2D eigenvalue weighted by atomic mass is 19.1. The number of aromatic nitrogens is 3. The molecule has 1 aliphatic heterocycles. The van der Waals surface area contributed by atoms with Crippen molar-refractivity contribution >= 4 is 5.91 Å². The van der Waals surface area contributed by atoms with Crippen molar-refractivity contribution in [2.45, 2.75) is 25.4 Å². The van der Waals surface area contributed by atoms with Gasteiger partial charge in [0.05, 0.1) is 19.3 Å². The second kappa shape index (κ2) is 7.39. The molecule has 2 N–H and O–H groups in total. The van der Waals surface area contributed by atoms with Crippen LogP contribution in [-0.4, -0.2) is 41.1 Å². The van der Waals surface area contributed by atoms with Crippen molar-refractivity contribution in [3.05, 3.63) is 41.5 Å². The van der Waals surface area contributed by atoms with E-state index in [1.54, 1.807) is 16.9 Å². The summed E-state index contributed by atoms with van der Waals surface area (Å²) in [5.41, 5.74) is 0.912. The Bertz CT molecular complexity index is 712. The first kappa shape index (κ1) is 16.4. The molecule has 7 nitrogen and oxygen atoms in total. The fourth-order valence-electron chi connectivity index (χ4n) is 2.72. The molecular weight excluding hydrogens is 313 g/mol. The minimum Gasteiger partial charge on any atom is -0.494 e. The molecule has 1 aliphatic rings. The number of ether oxygens (including phenoxy) is 1. The molecule has 2 heterocycles. The maximum absolute atomic E-state index is 13.6. The number of carbonyl (C=O) groups excluding carboxylic acids is 1. The third kappa shape index (κ3) is 3.70. The molecule has 3 rings (SSSR count). The van der Waals surface area contributed by atoms with Gasteiger partial charge in [0.2, 0.25) is 0 Å². The summed E-state index contributed by atoms with van der Waals surface area (Å²) in [5, 5.41) is 14.0. The summed E-state index contributed by atoms with van der Waals surface area (Å²) in [6.45, 7) is 2.09. The minimum atomic E-state index is -0.457. The van der Waals surface area contributed by atoms with Gasteiger partial charge in [-0.15, -0.1) is 5.10 Å². The maximum Gasteiger partial charge on any atom is 0.273 e. The number of hydrogen-bond acceptors (Lipinski definition) is 5. The molecule has 1 aromatic carbocycles. The molecule has 128 valence electrons. The first-order valence-electron chi connectivity index (χ1n) is 7.90. The summed E-state index contributed by atoms with van der Waals surface area (Å²) in [7, 11) is 1.41. The summed E-state index contributed by atoms with van der Waals surface area (Å²) in [5.74, 6) is -0.609. The number of carbonyl (C=O) groups is 1. The molecule has 24 heavy (non-hydrogen) atoms. The van der Waals surface area contributed by atoms with Crippen molar-refractivity contribution in [1.82, 2.24) is 25.6 Å². The summed E-state index contributed by atoms with van der Waals surface area (Å²) in [4.78, 5) is 12.2. The fourth-order valence-corrected chi connectivity index (χ4v) is 2.72. The number of amides is 1. The molecule has 1 amide bonds. The maximum atomic E-state index is 13.6. The number of halogens is 1. The average molecular weight is 333 g/mol. The summed E-state index contributed by atoms with van der Waals surface area (Å²) in [6.07, 6.45) is 3.60. The highest BCUT2D eigenvalue weighted by Crippen LogP contribution is 2.18. The van der Waals surface area contributed by atoms with Crippen molar-refractivity contribution in [2.75, 3.05) is 20.2 Å². The lowest BCUT2D eigenvalue weighted by atomic mass is 10.1. The minimum absolute atomic E-state index is 0.176. The topological polar surface area (TPSA) is 81.1 Å². The molecule has 0 unspecified atom stereocenters. The van der Waals surface area contributed by atoms with E-state index in [0.29, 0.717) is 5.56 Å². The lowest BCUT2D eigenvalue weighted by molar-refractivity contribution is 0.0945. The number of rotatable bonds is 5. The van der Waals surface area contributed by atoms with Gasteiger partial charge >= 0.3 is 0 Å². The van der Waals surface area contributed by atoms with Gasteiger partial charge in [-0.2, -0.15) is 0 Å². The van der Waals surface area contributed by atoms with Gasteiger partial charge < -0.3 is 15.4 Å². The standard InChI is InChI=1S/C16H20FN5O2/c1-24-15-3-2-11(8-13(15)17)9-19-16(23)14-10-22(21-20-14)12-4-6-18-7-5-12/h2-3,8,10,12,18H,4-7,9H2,1H3,(H,19,23). The summed E-state index contributed by atoms with van der Waals surface area (Å²) in [6, 6.07) is 4.85. The van der Waals surface area contributed by atoms with E-state index in [1.165, 1.54) is 19.2 Å². The van der Waals surface area contributed by atoms with Gasteiger partial charge in [0.1, 0.15) is 0 Å². The SMILES string of the molecule is COc1ccc(CNC(=O)c2cn(C3CCNCC3)nn2)cc1F. The highest BCUT2D eigenvalue weighted by Gasteiger charge is 2.18.